The second-order valence-electron chi connectivity index (χ2n) is 24.5. The highest BCUT2D eigenvalue weighted by Crippen LogP contribution is 2.18. The van der Waals surface area contributed by atoms with Crippen LogP contribution in [-0.2, 0) is 28.6 Å². The van der Waals surface area contributed by atoms with Crippen LogP contribution in [0.4, 0.5) is 0 Å². The Morgan fingerprint density at radius 3 is 0.783 bits per heavy atom. The monoisotopic (exact) mass is 1160 g/mol. The molecule has 0 saturated carbocycles. The molecule has 0 N–H and O–H groups in total. The average molecular weight is 1160 g/mol. The summed E-state index contributed by atoms with van der Waals surface area (Å²) >= 11 is 0. The zero-order chi connectivity index (χ0) is 59.9. The van der Waals surface area contributed by atoms with Crippen LogP contribution in [0.5, 0.6) is 0 Å². The molecule has 0 heterocycles. The molecule has 0 aromatic heterocycles. The Morgan fingerprint density at radius 1 is 0.253 bits per heavy atom. The molecule has 83 heavy (non-hydrogen) atoms. The van der Waals surface area contributed by atoms with E-state index in [2.05, 4.69) is 93.7 Å². The molecule has 0 aromatic rings. The van der Waals surface area contributed by atoms with Gasteiger partial charge in [0.25, 0.3) is 0 Å². The van der Waals surface area contributed by atoms with Gasteiger partial charge in [0.2, 0.25) is 0 Å². The highest BCUT2D eigenvalue weighted by molar-refractivity contribution is 5.71. The van der Waals surface area contributed by atoms with Crippen LogP contribution in [0.3, 0.4) is 0 Å². The molecule has 482 valence electrons. The summed E-state index contributed by atoms with van der Waals surface area (Å²) in [6, 6.07) is 0. The Labute approximate surface area is 516 Å². The lowest BCUT2D eigenvalue weighted by atomic mass is 10.0. The number of hydrogen-bond donors (Lipinski definition) is 0. The maximum Gasteiger partial charge on any atom is 0.306 e. The van der Waals surface area contributed by atoms with Crippen molar-refractivity contribution < 1.29 is 28.6 Å². The van der Waals surface area contributed by atoms with Crippen molar-refractivity contribution in [3.8, 4) is 0 Å². The van der Waals surface area contributed by atoms with Crippen molar-refractivity contribution in [3.63, 3.8) is 0 Å². The van der Waals surface area contributed by atoms with Crippen molar-refractivity contribution in [1.29, 1.82) is 0 Å². The van der Waals surface area contributed by atoms with E-state index in [0.29, 0.717) is 19.3 Å². The summed E-state index contributed by atoms with van der Waals surface area (Å²) in [5.74, 6) is -0.863. The quantitative estimate of drug-likeness (QED) is 0.0261. The number of esters is 3. The molecule has 0 fully saturated rings. The molecule has 1 unspecified atom stereocenters. The van der Waals surface area contributed by atoms with Gasteiger partial charge in [-0.1, -0.05) is 331 Å². The molecule has 1 atom stereocenters. The first kappa shape index (κ1) is 79.8. The Bertz CT molecular complexity index is 1520. The second kappa shape index (κ2) is 71.3. The predicted molar refractivity (Wildman–Crippen MR) is 362 cm³/mol. The molecule has 0 aliphatic rings. The number of carbonyl (C=O) groups excluding carboxylic acids is 3. The minimum absolute atomic E-state index is 0.0733. The lowest BCUT2D eigenvalue weighted by molar-refractivity contribution is -0.167. The van der Waals surface area contributed by atoms with E-state index >= 15 is 0 Å². The summed E-state index contributed by atoms with van der Waals surface area (Å²) in [6.07, 6.45) is 93.9. The van der Waals surface area contributed by atoms with Gasteiger partial charge in [-0.3, -0.25) is 14.4 Å². The number of unbranched alkanes of at least 4 members (excludes halogenated alkanes) is 44. The van der Waals surface area contributed by atoms with Gasteiger partial charge in [0.05, 0.1) is 0 Å². The van der Waals surface area contributed by atoms with Gasteiger partial charge in [-0.25, -0.2) is 0 Å². The fraction of sp³-hybridized carbons (Fsp3) is 0.805. The Morgan fingerprint density at radius 2 is 0.482 bits per heavy atom. The van der Waals surface area contributed by atoms with Crippen LogP contribution >= 0.6 is 0 Å². The van der Waals surface area contributed by atoms with E-state index in [1.807, 2.05) is 0 Å². The lowest BCUT2D eigenvalue weighted by Gasteiger charge is -2.18. The summed E-state index contributed by atoms with van der Waals surface area (Å²) in [5, 5.41) is 0. The summed E-state index contributed by atoms with van der Waals surface area (Å²) in [7, 11) is 0. The summed E-state index contributed by atoms with van der Waals surface area (Å²) in [5.41, 5.74) is 0. The number of carbonyl (C=O) groups is 3. The molecule has 6 heteroatoms. The van der Waals surface area contributed by atoms with Crippen molar-refractivity contribution in [2.75, 3.05) is 13.2 Å². The van der Waals surface area contributed by atoms with E-state index in [1.54, 1.807) is 0 Å². The van der Waals surface area contributed by atoms with Crippen molar-refractivity contribution in [3.05, 3.63) is 72.9 Å². The van der Waals surface area contributed by atoms with Crippen LogP contribution in [0.15, 0.2) is 72.9 Å². The van der Waals surface area contributed by atoms with Gasteiger partial charge in [0.15, 0.2) is 6.10 Å². The van der Waals surface area contributed by atoms with Gasteiger partial charge < -0.3 is 14.2 Å². The van der Waals surface area contributed by atoms with E-state index < -0.39 is 6.10 Å². The van der Waals surface area contributed by atoms with Gasteiger partial charge in [-0.15, -0.1) is 0 Å². The van der Waals surface area contributed by atoms with Crippen molar-refractivity contribution in [2.24, 2.45) is 0 Å². The molecule has 6 nitrogen and oxygen atoms in total. The van der Waals surface area contributed by atoms with Gasteiger partial charge in [-0.05, 0) is 103 Å². The fourth-order valence-corrected chi connectivity index (χ4v) is 10.7. The molecule has 0 aromatic carbocycles. The summed E-state index contributed by atoms with van der Waals surface area (Å²) in [6.45, 7) is 6.53. The highest BCUT2D eigenvalue weighted by atomic mass is 16.6. The van der Waals surface area contributed by atoms with E-state index in [-0.39, 0.29) is 31.1 Å². The zero-order valence-corrected chi connectivity index (χ0v) is 55.5. The number of ether oxygens (including phenoxy) is 3. The first-order valence-electron chi connectivity index (χ1n) is 36.4. The Hall–Kier alpha value is -3.15. The highest BCUT2D eigenvalue weighted by Gasteiger charge is 2.19. The van der Waals surface area contributed by atoms with Crippen LogP contribution < -0.4 is 0 Å². The summed E-state index contributed by atoms with van der Waals surface area (Å²) < 4.78 is 17.0. The Balaban J connectivity index is 4.07. The second-order valence-corrected chi connectivity index (χ2v) is 24.5. The van der Waals surface area contributed by atoms with E-state index in [9.17, 15) is 14.4 Å². The molecular weight excluding hydrogens is 1020 g/mol. The molecule has 0 spiro atoms. The SMILES string of the molecule is CC/C=C\C/C=C\C/C=C\C/C=C\CCCCCCCCCCCCCCCCCCCCCCCCC(=O)OCC(COC(=O)CCCCCCC/C=C\CCCC)OC(=O)CCCCCCCCCCC/C=C\CCCCCCCC. The average Bonchev–Trinajstić information content (AvgIpc) is 3.48. The molecule has 0 radical (unpaired) electrons. The molecule has 0 aliphatic heterocycles. The summed E-state index contributed by atoms with van der Waals surface area (Å²) in [4.78, 5) is 38.4. The van der Waals surface area contributed by atoms with E-state index in [1.165, 1.54) is 250 Å². The third-order valence-corrected chi connectivity index (χ3v) is 16.2. The van der Waals surface area contributed by atoms with Crippen LogP contribution in [0.25, 0.3) is 0 Å². The van der Waals surface area contributed by atoms with Gasteiger partial charge >= 0.3 is 17.9 Å². The van der Waals surface area contributed by atoms with Crippen LogP contribution in [-0.4, -0.2) is 37.2 Å². The third kappa shape index (κ3) is 69.5. The van der Waals surface area contributed by atoms with E-state index in [4.69, 9.17) is 14.2 Å². The smallest absolute Gasteiger partial charge is 0.306 e. The Kier molecular flexibility index (Phi) is 68.6. The van der Waals surface area contributed by atoms with Crippen LogP contribution in [0.1, 0.15) is 380 Å². The van der Waals surface area contributed by atoms with Crippen LogP contribution in [0.2, 0.25) is 0 Å². The van der Waals surface area contributed by atoms with Crippen molar-refractivity contribution in [2.45, 2.75) is 386 Å². The van der Waals surface area contributed by atoms with E-state index in [0.717, 1.165) is 89.9 Å². The molecule has 0 bridgehead atoms. The number of hydrogen-bond acceptors (Lipinski definition) is 6. The standard InChI is InChI=1S/C77H138O6/c1-4-7-10-13-16-19-22-24-26-28-30-31-32-33-34-35-36-37-38-39-40-41-42-43-44-45-47-48-50-52-55-58-61-64-67-70-76(79)82-73-74(72-81-75(78)69-66-63-60-57-54-21-18-15-12-9-6-3)83-77(80)71-68-65-62-59-56-53-51-49-46-29-27-25-23-20-17-14-11-8-5-2/h7,10,15-16,18-19,24-27,30-31,74H,4-6,8-9,11-14,17,20-23,28-29,32-73H2,1-3H3/b10-7-,18-15-,19-16-,26-24-,27-25-,31-30-. The number of rotatable bonds is 67. The molecular formula is C77H138O6. The van der Waals surface area contributed by atoms with Crippen LogP contribution in [0, 0.1) is 0 Å². The first-order valence-corrected chi connectivity index (χ1v) is 36.4. The minimum atomic E-state index is -0.777. The maximum atomic E-state index is 12.9. The zero-order valence-electron chi connectivity index (χ0n) is 55.5. The molecule has 0 aliphatic carbocycles. The topological polar surface area (TPSA) is 78.9 Å². The van der Waals surface area contributed by atoms with Gasteiger partial charge in [0, 0.05) is 19.3 Å². The molecule has 0 rings (SSSR count). The van der Waals surface area contributed by atoms with Gasteiger partial charge in [0.1, 0.15) is 13.2 Å². The van der Waals surface area contributed by atoms with Gasteiger partial charge in [-0.2, -0.15) is 0 Å². The predicted octanol–water partition coefficient (Wildman–Crippen LogP) is 25.2. The minimum Gasteiger partial charge on any atom is -0.462 e. The normalized spacial score (nSPS) is 12.5. The molecule has 0 saturated heterocycles. The maximum absolute atomic E-state index is 12.9. The fourth-order valence-electron chi connectivity index (χ4n) is 10.7. The first-order chi connectivity index (χ1) is 41.0. The third-order valence-electron chi connectivity index (χ3n) is 16.2. The largest absolute Gasteiger partial charge is 0.462 e. The molecule has 0 amide bonds. The number of allylic oxidation sites excluding steroid dienone is 12. The van der Waals surface area contributed by atoms with Crippen molar-refractivity contribution in [1.82, 2.24) is 0 Å². The van der Waals surface area contributed by atoms with Crippen molar-refractivity contribution >= 4 is 17.9 Å². The lowest BCUT2D eigenvalue weighted by Crippen LogP contribution is -2.30.